The Kier molecular flexibility index (Phi) is 3.74. The molecule has 1 saturated heterocycles. The number of likely N-dealkylation sites (tertiary alicyclic amines) is 1. The summed E-state index contributed by atoms with van der Waals surface area (Å²) in [5.41, 5.74) is 9.50. The molecule has 3 heterocycles. The van der Waals surface area contributed by atoms with Gasteiger partial charge < -0.3 is 5.73 Å². The van der Waals surface area contributed by atoms with E-state index in [-0.39, 0.29) is 0 Å². The van der Waals surface area contributed by atoms with Gasteiger partial charge in [-0.1, -0.05) is 24.3 Å². The van der Waals surface area contributed by atoms with Crippen LogP contribution in [0.2, 0.25) is 0 Å². The zero-order chi connectivity index (χ0) is 16.5. The lowest BCUT2D eigenvalue weighted by Gasteiger charge is -2.15. The number of nitrogens with two attached hydrogens (primary N) is 1. The molecule has 0 atom stereocenters. The van der Waals surface area contributed by atoms with E-state index in [2.05, 4.69) is 39.2 Å². The van der Waals surface area contributed by atoms with Crippen LogP contribution in [-0.4, -0.2) is 38.5 Å². The van der Waals surface area contributed by atoms with Gasteiger partial charge in [-0.25, -0.2) is 9.50 Å². The first-order chi connectivity index (χ1) is 11.7. The molecule has 2 aromatic heterocycles. The molecular weight excluding hydrogens is 302 g/mol. The molecule has 0 aliphatic carbocycles. The number of pyridine rings is 1. The second-order valence-corrected chi connectivity index (χ2v) is 6.17. The van der Waals surface area contributed by atoms with Crippen LogP contribution in [0.25, 0.3) is 16.9 Å². The van der Waals surface area contributed by atoms with Crippen molar-refractivity contribution in [3.8, 4) is 11.3 Å². The van der Waals surface area contributed by atoms with E-state index in [1.54, 1.807) is 10.6 Å². The Morgan fingerprint density at radius 3 is 2.54 bits per heavy atom. The lowest BCUT2D eigenvalue weighted by molar-refractivity contribution is 0.100. The summed E-state index contributed by atoms with van der Waals surface area (Å²) in [6.45, 7) is 3.38. The van der Waals surface area contributed by atoms with Crippen LogP contribution < -0.4 is 5.73 Å². The maximum absolute atomic E-state index is 11.5. The summed E-state index contributed by atoms with van der Waals surface area (Å²) in [7, 11) is 0. The van der Waals surface area contributed by atoms with Gasteiger partial charge in [0.1, 0.15) is 6.33 Å². The Labute approximate surface area is 139 Å². The van der Waals surface area contributed by atoms with Gasteiger partial charge in [0.05, 0.1) is 11.3 Å². The third kappa shape index (κ3) is 2.65. The van der Waals surface area contributed by atoms with Gasteiger partial charge in [0.15, 0.2) is 5.65 Å². The molecule has 1 fully saturated rings. The van der Waals surface area contributed by atoms with Crippen molar-refractivity contribution < 1.29 is 4.79 Å². The van der Waals surface area contributed by atoms with Gasteiger partial charge in [0.2, 0.25) is 0 Å². The summed E-state index contributed by atoms with van der Waals surface area (Å²) < 4.78 is 1.66. The number of nitrogens with zero attached hydrogens (tertiary/aromatic N) is 4. The van der Waals surface area contributed by atoms with E-state index < -0.39 is 5.91 Å². The predicted molar refractivity (Wildman–Crippen MR) is 91.5 cm³/mol. The topological polar surface area (TPSA) is 76.5 Å². The van der Waals surface area contributed by atoms with Gasteiger partial charge in [-0.3, -0.25) is 9.69 Å². The van der Waals surface area contributed by atoms with Crippen LogP contribution in [0.4, 0.5) is 0 Å². The number of hydrogen-bond donors (Lipinski definition) is 1. The van der Waals surface area contributed by atoms with Gasteiger partial charge in [-0.05, 0) is 43.6 Å². The average Bonchev–Trinajstić information content (AvgIpc) is 3.26. The van der Waals surface area contributed by atoms with E-state index in [1.165, 1.54) is 37.8 Å². The smallest absolute Gasteiger partial charge is 0.252 e. The highest BCUT2D eigenvalue weighted by atomic mass is 16.1. The molecule has 0 unspecified atom stereocenters. The molecule has 0 spiro atoms. The SMILES string of the molecule is NC(=O)c1ccc(-c2ccc(CN3CCCC3)cc2)n2ncnc12. The number of amides is 1. The fraction of sp³-hybridized carbons (Fsp3) is 0.278. The third-order valence-corrected chi connectivity index (χ3v) is 4.54. The Bertz CT molecular complexity index is 878. The summed E-state index contributed by atoms with van der Waals surface area (Å²) in [5.74, 6) is -0.500. The number of carbonyl (C=O) groups is 1. The molecule has 0 bridgehead atoms. The molecule has 6 heteroatoms. The molecular formula is C18H19N5O. The summed E-state index contributed by atoms with van der Waals surface area (Å²) in [4.78, 5) is 18.1. The maximum atomic E-state index is 11.5. The Morgan fingerprint density at radius 2 is 1.83 bits per heavy atom. The van der Waals surface area contributed by atoms with Crippen LogP contribution >= 0.6 is 0 Å². The van der Waals surface area contributed by atoms with Crippen LogP contribution in [0, 0.1) is 0 Å². The van der Waals surface area contributed by atoms with Crippen molar-refractivity contribution in [1.82, 2.24) is 19.5 Å². The molecule has 6 nitrogen and oxygen atoms in total. The van der Waals surface area contributed by atoms with Crippen LogP contribution in [0.3, 0.4) is 0 Å². The summed E-state index contributed by atoms with van der Waals surface area (Å²) in [6.07, 6.45) is 4.04. The van der Waals surface area contributed by atoms with Crippen molar-refractivity contribution >= 4 is 11.6 Å². The summed E-state index contributed by atoms with van der Waals surface area (Å²) in [6, 6.07) is 12.0. The largest absolute Gasteiger partial charge is 0.365 e. The predicted octanol–water partition coefficient (Wildman–Crippen LogP) is 2.09. The molecule has 3 aromatic rings. The molecule has 1 aliphatic rings. The number of fused-ring (bicyclic) bond motifs is 1. The minimum Gasteiger partial charge on any atom is -0.365 e. The van der Waals surface area contributed by atoms with E-state index >= 15 is 0 Å². The highest BCUT2D eigenvalue weighted by Crippen LogP contribution is 2.23. The lowest BCUT2D eigenvalue weighted by atomic mass is 10.1. The monoisotopic (exact) mass is 321 g/mol. The van der Waals surface area contributed by atoms with Crippen molar-refractivity contribution in [3.05, 3.63) is 53.9 Å². The fourth-order valence-corrected chi connectivity index (χ4v) is 3.30. The van der Waals surface area contributed by atoms with Crippen LogP contribution in [0.1, 0.15) is 28.8 Å². The highest BCUT2D eigenvalue weighted by Gasteiger charge is 2.14. The van der Waals surface area contributed by atoms with E-state index in [9.17, 15) is 4.79 Å². The molecule has 2 N–H and O–H groups in total. The molecule has 0 radical (unpaired) electrons. The Hall–Kier alpha value is -2.73. The molecule has 1 aliphatic heterocycles. The second kappa shape index (κ2) is 6.05. The standard InChI is InChI=1S/C18H19N5O/c19-17(24)15-7-8-16(23-18(15)20-12-21-23)14-5-3-13(4-6-14)11-22-9-1-2-10-22/h3-8,12H,1-2,9-11H2,(H2,19,24). The third-order valence-electron chi connectivity index (χ3n) is 4.54. The van der Waals surface area contributed by atoms with E-state index in [0.29, 0.717) is 11.2 Å². The van der Waals surface area contributed by atoms with Crippen molar-refractivity contribution in [2.45, 2.75) is 19.4 Å². The average molecular weight is 321 g/mol. The van der Waals surface area contributed by atoms with Gasteiger partial charge in [0.25, 0.3) is 5.91 Å². The zero-order valence-electron chi connectivity index (χ0n) is 13.4. The molecule has 1 aromatic carbocycles. The summed E-state index contributed by atoms with van der Waals surface area (Å²) in [5, 5.41) is 4.23. The van der Waals surface area contributed by atoms with Crippen molar-refractivity contribution in [2.75, 3.05) is 13.1 Å². The number of primary amides is 1. The first-order valence-electron chi connectivity index (χ1n) is 8.16. The van der Waals surface area contributed by atoms with E-state index in [1.807, 2.05) is 6.07 Å². The first kappa shape index (κ1) is 14.8. The number of hydrogen-bond acceptors (Lipinski definition) is 4. The van der Waals surface area contributed by atoms with Crippen LogP contribution in [-0.2, 0) is 6.54 Å². The molecule has 4 rings (SSSR count). The molecule has 0 saturated carbocycles. The molecule has 24 heavy (non-hydrogen) atoms. The number of benzene rings is 1. The highest BCUT2D eigenvalue weighted by molar-refractivity contribution is 5.99. The fourth-order valence-electron chi connectivity index (χ4n) is 3.30. The number of carbonyl (C=O) groups excluding carboxylic acids is 1. The second-order valence-electron chi connectivity index (χ2n) is 6.17. The number of rotatable bonds is 4. The van der Waals surface area contributed by atoms with Gasteiger partial charge in [-0.2, -0.15) is 5.10 Å². The summed E-state index contributed by atoms with van der Waals surface area (Å²) >= 11 is 0. The van der Waals surface area contributed by atoms with Gasteiger partial charge >= 0.3 is 0 Å². The van der Waals surface area contributed by atoms with Crippen molar-refractivity contribution in [1.29, 1.82) is 0 Å². The normalized spacial score (nSPS) is 15.2. The Balaban J connectivity index is 1.66. The van der Waals surface area contributed by atoms with E-state index in [0.717, 1.165) is 17.8 Å². The lowest BCUT2D eigenvalue weighted by Crippen LogP contribution is -2.18. The van der Waals surface area contributed by atoms with Crippen molar-refractivity contribution in [2.24, 2.45) is 5.73 Å². The van der Waals surface area contributed by atoms with E-state index in [4.69, 9.17) is 5.73 Å². The van der Waals surface area contributed by atoms with Gasteiger partial charge in [0, 0.05) is 12.1 Å². The zero-order valence-corrected chi connectivity index (χ0v) is 13.4. The van der Waals surface area contributed by atoms with Crippen LogP contribution in [0.15, 0.2) is 42.7 Å². The minimum atomic E-state index is -0.500. The number of aromatic nitrogens is 3. The van der Waals surface area contributed by atoms with Crippen molar-refractivity contribution in [3.63, 3.8) is 0 Å². The first-order valence-corrected chi connectivity index (χ1v) is 8.16. The molecule has 1 amide bonds. The van der Waals surface area contributed by atoms with Gasteiger partial charge in [-0.15, -0.1) is 0 Å². The Morgan fingerprint density at radius 1 is 1.08 bits per heavy atom. The maximum Gasteiger partial charge on any atom is 0.252 e. The van der Waals surface area contributed by atoms with Crippen LogP contribution in [0.5, 0.6) is 0 Å². The quantitative estimate of drug-likeness (QED) is 0.798. The minimum absolute atomic E-state index is 0.377. The molecule has 122 valence electrons.